The zero-order chi connectivity index (χ0) is 9.14. The molecule has 1 nitrogen and oxygen atoms in total. The Labute approximate surface area is 78.0 Å². The third kappa shape index (κ3) is 2.23. The van der Waals surface area contributed by atoms with Crippen LogP contribution >= 0.6 is 11.6 Å². The molecular formula is C10H13ClO. The van der Waals surface area contributed by atoms with E-state index in [0.29, 0.717) is 0 Å². The van der Waals surface area contributed by atoms with Crippen LogP contribution < -0.4 is 0 Å². The number of aryl methyl sites for hydroxylation is 2. The normalized spacial score (nSPS) is 13.0. The minimum atomic E-state index is -0.537. The van der Waals surface area contributed by atoms with Crippen LogP contribution in [0.4, 0.5) is 0 Å². The lowest BCUT2D eigenvalue weighted by Crippen LogP contribution is -1.99. The second kappa shape index (κ2) is 3.92. The van der Waals surface area contributed by atoms with Crippen molar-refractivity contribution in [1.82, 2.24) is 0 Å². The Balaban J connectivity index is 3.00. The van der Waals surface area contributed by atoms with Gasteiger partial charge in [0, 0.05) is 0 Å². The van der Waals surface area contributed by atoms with E-state index < -0.39 is 6.10 Å². The highest BCUT2D eigenvalue weighted by molar-refractivity contribution is 6.18. The van der Waals surface area contributed by atoms with Gasteiger partial charge in [0.25, 0.3) is 0 Å². The molecule has 0 saturated carbocycles. The van der Waals surface area contributed by atoms with E-state index in [-0.39, 0.29) is 5.88 Å². The van der Waals surface area contributed by atoms with Gasteiger partial charge in [0.05, 0.1) is 12.0 Å². The van der Waals surface area contributed by atoms with Gasteiger partial charge in [-0.1, -0.05) is 29.3 Å². The monoisotopic (exact) mass is 184 g/mol. The Hall–Kier alpha value is -0.530. The summed E-state index contributed by atoms with van der Waals surface area (Å²) in [5.41, 5.74) is 3.23. The number of hydrogen-bond acceptors (Lipinski definition) is 1. The molecule has 66 valence electrons. The fourth-order valence-corrected chi connectivity index (χ4v) is 1.47. The van der Waals surface area contributed by atoms with Crippen molar-refractivity contribution in [3.63, 3.8) is 0 Å². The number of rotatable bonds is 2. The van der Waals surface area contributed by atoms with Gasteiger partial charge in [-0.3, -0.25) is 0 Å². The van der Waals surface area contributed by atoms with E-state index in [4.69, 9.17) is 11.6 Å². The minimum absolute atomic E-state index is 0.253. The SMILES string of the molecule is Cc1cc(C)cc([C@@H](O)CCl)c1. The minimum Gasteiger partial charge on any atom is -0.387 e. The summed E-state index contributed by atoms with van der Waals surface area (Å²) < 4.78 is 0. The first kappa shape index (κ1) is 9.56. The average molecular weight is 185 g/mol. The fraction of sp³-hybridized carbons (Fsp3) is 0.400. The molecule has 0 aromatic heterocycles. The van der Waals surface area contributed by atoms with E-state index in [0.717, 1.165) is 16.7 Å². The van der Waals surface area contributed by atoms with Crippen LogP contribution in [-0.2, 0) is 0 Å². The standard InChI is InChI=1S/C10H13ClO/c1-7-3-8(2)5-9(4-7)10(12)6-11/h3-5,10,12H,6H2,1-2H3/t10-/m0/s1. The number of benzene rings is 1. The summed E-state index contributed by atoms with van der Waals surface area (Å²) in [4.78, 5) is 0. The van der Waals surface area contributed by atoms with E-state index in [9.17, 15) is 5.11 Å². The van der Waals surface area contributed by atoms with Crippen LogP contribution in [0.1, 0.15) is 22.8 Å². The van der Waals surface area contributed by atoms with Crippen molar-refractivity contribution in [2.24, 2.45) is 0 Å². The first-order valence-corrected chi connectivity index (χ1v) is 4.49. The lowest BCUT2D eigenvalue weighted by Gasteiger charge is -2.08. The maximum Gasteiger partial charge on any atom is 0.0925 e. The molecule has 0 aliphatic rings. The van der Waals surface area contributed by atoms with Crippen LogP contribution in [0.3, 0.4) is 0 Å². The Morgan fingerprint density at radius 1 is 1.25 bits per heavy atom. The van der Waals surface area contributed by atoms with Crippen molar-refractivity contribution < 1.29 is 5.11 Å². The highest BCUT2D eigenvalue weighted by atomic mass is 35.5. The fourth-order valence-electron chi connectivity index (χ4n) is 1.29. The van der Waals surface area contributed by atoms with E-state index >= 15 is 0 Å². The Bertz CT molecular complexity index is 250. The third-order valence-corrected chi connectivity index (χ3v) is 2.07. The average Bonchev–Trinajstić information content (AvgIpc) is 2.01. The van der Waals surface area contributed by atoms with Crippen LogP contribution in [-0.4, -0.2) is 11.0 Å². The molecule has 1 N–H and O–H groups in total. The van der Waals surface area contributed by atoms with Gasteiger partial charge in [0.2, 0.25) is 0 Å². The molecule has 0 unspecified atom stereocenters. The second-order valence-corrected chi connectivity index (χ2v) is 3.40. The summed E-state index contributed by atoms with van der Waals surface area (Å²) in [6.45, 7) is 4.02. The molecule has 0 bridgehead atoms. The zero-order valence-electron chi connectivity index (χ0n) is 7.34. The summed E-state index contributed by atoms with van der Waals surface area (Å²) in [6, 6.07) is 5.99. The van der Waals surface area contributed by atoms with E-state index in [2.05, 4.69) is 6.07 Å². The Kier molecular flexibility index (Phi) is 3.12. The molecule has 0 spiro atoms. The Morgan fingerprint density at radius 2 is 1.75 bits per heavy atom. The predicted molar refractivity (Wildman–Crippen MR) is 51.6 cm³/mol. The van der Waals surface area contributed by atoms with Gasteiger partial charge in [-0.05, 0) is 19.4 Å². The molecule has 12 heavy (non-hydrogen) atoms. The number of halogens is 1. The van der Waals surface area contributed by atoms with Gasteiger partial charge in [-0.25, -0.2) is 0 Å². The molecular weight excluding hydrogens is 172 g/mol. The highest BCUT2D eigenvalue weighted by Gasteiger charge is 2.05. The summed E-state index contributed by atoms with van der Waals surface area (Å²) >= 11 is 5.54. The highest BCUT2D eigenvalue weighted by Crippen LogP contribution is 2.17. The molecule has 0 aliphatic heterocycles. The second-order valence-electron chi connectivity index (χ2n) is 3.09. The maximum atomic E-state index is 9.45. The maximum absolute atomic E-state index is 9.45. The molecule has 1 aromatic rings. The van der Waals surface area contributed by atoms with Crippen molar-refractivity contribution in [3.8, 4) is 0 Å². The number of aliphatic hydroxyl groups excluding tert-OH is 1. The van der Waals surface area contributed by atoms with Gasteiger partial charge >= 0.3 is 0 Å². The number of aliphatic hydroxyl groups is 1. The van der Waals surface area contributed by atoms with Gasteiger partial charge in [-0.15, -0.1) is 11.6 Å². The largest absolute Gasteiger partial charge is 0.387 e. The molecule has 0 saturated heterocycles. The van der Waals surface area contributed by atoms with Crippen LogP contribution in [0, 0.1) is 13.8 Å². The van der Waals surface area contributed by atoms with E-state index in [1.807, 2.05) is 26.0 Å². The summed E-state index contributed by atoms with van der Waals surface area (Å²) in [7, 11) is 0. The van der Waals surface area contributed by atoms with Crippen LogP contribution in [0.5, 0.6) is 0 Å². The van der Waals surface area contributed by atoms with Gasteiger partial charge in [0.1, 0.15) is 0 Å². The smallest absolute Gasteiger partial charge is 0.0925 e. The molecule has 0 fully saturated rings. The van der Waals surface area contributed by atoms with Gasteiger partial charge < -0.3 is 5.11 Å². The van der Waals surface area contributed by atoms with Gasteiger partial charge in [0.15, 0.2) is 0 Å². The van der Waals surface area contributed by atoms with Crippen LogP contribution in [0.2, 0.25) is 0 Å². The molecule has 0 aliphatic carbocycles. The van der Waals surface area contributed by atoms with E-state index in [1.54, 1.807) is 0 Å². The van der Waals surface area contributed by atoms with Crippen molar-refractivity contribution in [3.05, 3.63) is 34.9 Å². The number of hydrogen-bond donors (Lipinski definition) is 1. The van der Waals surface area contributed by atoms with E-state index in [1.165, 1.54) is 0 Å². The molecule has 0 heterocycles. The molecule has 1 atom stereocenters. The predicted octanol–water partition coefficient (Wildman–Crippen LogP) is 2.58. The molecule has 0 amide bonds. The van der Waals surface area contributed by atoms with Crippen molar-refractivity contribution in [2.45, 2.75) is 20.0 Å². The van der Waals surface area contributed by atoms with Crippen molar-refractivity contribution in [1.29, 1.82) is 0 Å². The topological polar surface area (TPSA) is 20.2 Å². The van der Waals surface area contributed by atoms with Crippen LogP contribution in [0.15, 0.2) is 18.2 Å². The molecule has 1 aromatic carbocycles. The first-order chi connectivity index (χ1) is 5.63. The quantitative estimate of drug-likeness (QED) is 0.701. The van der Waals surface area contributed by atoms with Gasteiger partial charge in [-0.2, -0.15) is 0 Å². The molecule has 2 heteroatoms. The lowest BCUT2D eigenvalue weighted by atomic mass is 10.0. The summed E-state index contributed by atoms with van der Waals surface area (Å²) in [5, 5.41) is 9.45. The van der Waals surface area contributed by atoms with Crippen LogP contribution in [0.25, 0.3) is 0 Å². The first-order valence-electron chi connectivity index (χ1n) is 3.95. The summed E-state index contributed by atoms with van der Waals surface area (Å²) in [5.74, 6) is 0.253. The van der Waals surface area contributed by atoms with Crippen molar-refractivity contribution in [2.75, 3.05) is 5.88 Å². The zero-order valence-corrected chi connectivity index (χ0v) is 8.10. The Morgan fingerprint density at radius 3 is 2.17 bits per heavy atom. The lowest BCUT2D eigenvalue weighted by molar-refractivity contribution is 0.202. The summed E-state index contributed by atoms with van der Waals surface area (Å²) in [6.07, 6.45) is -0.537. The van der Waals surface area contributed by atoms with Crippen molar-refractivity contribution >= 4 is 11.6 Å². The molecule has 1 rings (SSSR count). The third-order valence-electron chi connectivity index (χ3n) is 1.77. The molecule has 0 radical (unpaired) electrons. The number of alkyl halides is 1.